The normalized spacial score (nSPS) is 18.2. The van der Waals surface area contributed by atoms with Crippen LogP contribution in [0.4, 0.5) is 0 Å². The molecule has 1 aliphatic rings. The van der Waals surface area contributed by atoms with Gasteiger partial charge in [0.05, 0.1) is 5.69 Å². The molecular formula is C14H17N3O. The van der Waals surface area contributed by atoms with Gasteiger partial charge in [-0.3, -0.25) is 5.10 Å². The summed E-state index contributed by atoms with van der Waals surface area (Å²) in [5.74, 6) is 1.02. The fraction of sp³-hybridized carbons (Fsp3) is 0.357. The van der Waals surface area contributed by atoms with Gasteiger partial charge in [-0.2, -0.15) is 5.10 Å². The van der Waals surface area contributed by atoms with E-state index in [1.807, 2.05) is 19.1 Å². The van der Waals surface area contributed by atoms with Crippen LogP contribution in [-0.4, -0.2) is 22.8 Å². The Morgan fingerprint density at radius 2 is 2.33 bits per heavy atom. The summed E-state index contributed by atoms with van der Waals surface area (Å²) >= 11 is 0. The molecular weight excluding hydrogens is 226 g/mol. The monoisotopic (exact) mass is 243 g/mol. The van der Waals surface area contributed by atoms with Crippen LogP contribution in [-0.2, 0) is 13.0 Å². The number of benzene rings is 1. The second-order valence-corrected chi connectivity index (χ2v) is 4.74. The Hall–Kier alpha value is -1.81. The number of nitrogens with one attached hydrogen (secondary N) is 2. The van der Waals surface area contributed by atoms with E-state index in [1.54, 1.807) is 0 Å². The van der Waals surface area contributed by atoms with Gasteiger partial charge in [0, 0.05) is 18.3 Å². The van der Waals surface area contributed by atoms with Crippen LogP contribution >= 0.6 is 0 Å². The first-order valence-corrected chi connectivity index (χ1v) is 6.26. The van der Waals surface area contributed by atoms with E-state index in [9.17, 15) is 0 Å². The summed E-state index contributed by atoms with van der Waals surface area (Å²) < 4.78 is 5.74. The second-order valence-electron chi connectivity index (χ2n) is 4.74. The van der Waals surface area contributed by atoms with Crippen molar-refractivity contribution in [3.05, 3.63) is 47.3 Å². The van der Waals surface area contributed by atoms with Crippen LogP contribution in [0.5, 0.6) is 5.75 Å². The molecule has 1 atom stereocenters. The van der Waals surface area contributed by atoms with Gasteiger partial charge in [-0.15, -0.1) is 0 Å². The highest BCUT2D eigenvalue weighted by atomic mass is 16.5. The lowest BCUT2D eigenvalue weighted by Gasteiger charge is -2.25. The zero-order chi connectivity index (χ0) is 12.4. The summed E-state index contributed by atoms with van der Waals surface area (Å²) in [5.41, 5.74) is 3.42. The second kappa shape index (κ2) is 4.82. The first-order valence-electron chi connectivity index (χ1n) is 6.26. The topological polar surface area (TPSA) is 49.9 Å². The van der Waals surface area contributed by atoms with Gasteiger partial charge in [0.1, 0.15) is 12.4 Å². The van der Waals surface area contributed by atoms with E-state index in [0.29, 0.717) is 6.04 Å². The van der Waals surface area contributed by atoms with E-state index < -0.39 is 0 Å². The quantitative estimate of drug-likeness (QED) is 0.864. The molecule has 3 rings (SSSR count). The molecule has 0 saturated carbocycles. The molecule has 0 radical (unpaired) electrons. The minimum Gasteiger partial charge on any atom is -0.492 e. The van der Waals surface area contributed by atoms with Gasteiger partial charge >= 0.3 is 0 Å². The number of ether oxygens (including phenoxy) is 1. The van der Waals surface area contributed by atoms with Gasteiger partial charge in [0.15, 0.2) is 0 Å². The van der Waals surface area contributed by atoms with E-state index in [4.69, 9.17) is 4.74 Å². The fourth-order valence-electron chi connectivity index (χ4n) is 2.27. The third kappa shape index (κ3) is 2.38. The van der Waals surface area contributed by atoms with Gasteiger partial charge in [-0.05, 0) is 31.0 Å². The Morgan fingerprint density at radius 1 is 1.44 bits per heavy atom. The summed E-state index contributed by atoms with van der Waals surface area (Å²) in [7, 11) is 0. The fourth-order valence-corrected chi connectivity index (χ4v) is 2.27. The minimum absolute atomic E-state index is 0.358. The Labute approximate surface area is 106 Å². The molecule has 4 heteroatoms. The van der Waals surface area contributed by atoms with E-state index in [-0.39, 0.29) is 0 Å². The largest absolute Gasteiger partial charge is 0.492 e. The van der Waals surface area contributed by atoms with Crippen molar-refractivity contribution < 1.29 is 4.74 Å². The predicted octanol–water partition coefficient (Wildman–Crippen LogP) is 1.81. The Morgan fingerprint density at radius 3 is 3.17 bits per heavy atom. The lowest BCUT2D eigenvalue weighted by atomic mass is 10.0. The standard InChI is InChI=1S/C14H17N3O/c1-10-6-12(17-16-10)8-15-13-7-11-4-2-3-5-14(11)18-9-13/h2-6,13,15H,7-9H2,1H3,(H,16,17)/t13-/m1/s1. The van der Waals surface area contributed by atoms with Gasteiger partial charge < -0.3 is 10.1 Å². The van der Waals surface area contributed by atoms with E-state index in [0.717, 1.165) is 36.7 Å². The Bertz CT molecular complexity index is 535. The van der Waals surface area contributed by atoms with Crippen LogP contribution < -0.4 is 10.1 Å². The SMILES string of the molecule is Cc1cc(CN[C@H]2COc3ccccc3C2)n[nH]1. The molecule has 0 spiro atoms. The molecule has 0 unspecified atom stereocenters. The number of rotatable bonds is 3. The zero-order valence-corrected chi connectivity index (χ0v) is 10.4. The van der Waals surface area contributed by atoms with E-state index >= 15 is 0 Å². The van der Waals surface area contributed by atoms with Gasteiger partial charge in [-0.1, -0.05) is 18.2 Å². The number of aromatic amines is 1. The highest BCUT2D eigenvalue weighted by molar-refractivity contribution is 5.35. The summed E-state index contributed by atoms with van der Waals surface area (Å²) in [6.07, 6.45) is 1.01. The van der Waals surface area contributed by atoms with E-state index in [1.165, 1.54) is 5.56 Å². The molecule has 2 N–H and O–H groups in total. The average molecular weight is 243 g/mol. The summed E-state index contributed by atoms with van der Waals surface area (Å²) in [6, 6.07) is 10.6. The number of para-hydroxylation sites is 1. The first kappa shape index (κ1) is 11.3. The molecule has 0 fully saturated rings. The number of fused-ring (bicyclic) bond motifs is 1. The molecule has 4 nitrogen and oxygen atoms in total. The average Bonchev–Trinajstić information content (AvgIpc) is 2.82. The summed E-state index contributed by atoms with van der Waals surface area (Å²) in [4.78, 5) is 0. The molecule has 0 amide bonds. The molecule has 0 bridgehead atoms. The third-order valence-corrected chi connectivity index (χ3v) is 3.21. The highest BCUT2D eigenvalue weighted by Crippen LogP contribution is 2.23. The van der Waals surface area contributed by atoms with Crippen LogP contribution in [0.2, 0.25) is 0 Å². The van der Waals surface area contributed by atoms with Crippen LogP contribution in [0.15, 0.2) is 30.3 Å². The van der Waals surface area contributed by atoms with Crippen LogP contribution in [0, 0.1) is 6.92 Å². The zero-order valence-electron chi connectivity index (χ0n) is 10.4. The van der Waals surface area contributed by atoms with Crippen molar-refractivity contribution in [1.82, 2.24) is 15.5 Å². The van der Waals surface area contributed by atoms with Crippen LogP contribution in [0.25, 0.3) is 0 Å². The van der Waals surface area contributed by atoms with E-state index in [2.05, 4.69) is 33.7 Å². The molecule has 2 aromatic rings. The number of nitrogens with zero attached hydrogens (tertiary/aromatic N) is 1. The molecule has 1 aromatic heterocycles. The molecule has 1 aliphatic heterocycles. The predicted molar refractivity (Wildman–Crippen MR) is 69.6 cm³/mol. The molecule has 1 aromatic carbocycles. The maximum absolute atomic E-state index is 5.74. The Kier molecular flexibility index (Phi) is 3.02. The number of aromatic nitrogens is 2. The van der Waals surface area contributed by atoms with Crippen LogP contribution in [0.3, 0.4) is 0 Å². The van der Waals surface area contributed by atoms with Gasteiger partial charge in [-0.25, -0.2) is 0 Å². The lowest BCUT2D eigenvalue weighted by Crippen LogP contribution is -2.38. The van der Waals surface area contributed by atoms with Crippen molar-refractivity contribution >= 4 is 0 Å². The van der Waals surface area contributed by atoms with Gasteiger partial charge in [0.25, 0.3) is 0 Å². The van der Waals surface area contributed by atoms with Crippen molar-refractivity contribution in [1.29, 1.82) is 0 Å². The maximum Gasteiger partial charge on any atom is 0.122 e. The molecule has 0 aliphatic carbocycles. The first-order chi connectivity index (χ1) is 8.81. The summed E-state index contributed by atoms with van der Waals surface area (Å²) in [5, 5.41) is 10.7. The van der Waals surface area contributed by atoms with Gasteiger partial charge in [0.2, 0.25) is 0 Å². The third-order valence-electron chi connectivity index (χ3n) is 3.21. The number of hydrogen-bond donors (Lipinski definition) is 2. The van der Waals surface area contributed by atoms with Crippen molar-refractivity contribution in [2.24, 2.45) is 0 Å². The van der Waals surface area contributed by atoms with Crippen molar-refractivity contribution in [3.8, 4) is 5.75 Å². The molecule has 0 saturated heterocycles. The molecule has 2 heterocycles. The highest BCUT2D eigenvalue weighted by Gasteiger charge is 2.18. The lowest BCUT2D eigenvalue weighted by molar-refractivity contribution is 0.237. The smallest absolute Gasteiger partial charge is 0.122 e. The van der Waals surface area contributed by atoms with Crippen molar-refractivity contribution in [2.75, 3.05) is 6.61 Å². The summed E-state index contributed by atoms with van der Waals surface area (Å²) in [6.45, 7) is 3.51. The van der Waals surface area contributed by atoms with Crippen LogP contribution in [0.1, 0.15) is 17.0 Å². The maximum atomic E-state index is 5.74. The number of aryl methyl sites for hydroxylation is 1. The minimum atomic E-state index is 0.358. The Balaban J connectivity index is 1.59. The molecule has 94 valence electrons. The van der Waals surface area contributed by atoms with Crippen molar-refractivity contribution in [2.45, 2.75) is 25.9 Å². The number of H-pyrrole nitrogens is 1. The van der Waals surface area contributed by atoms with Crippen molar-refractivity contribution in [3.63, 3.8) is 0 Å². The molecule has 18 heavy (non-hydrogen) atoms. The number of hydrogen-bond acceptors (Lipinski definition) is 3.